The van der Waals surface area contributed by atoms with E-state index in [-0.39, 0.29) is 5.78 Å². The van der Waals surface area contributed by atoms with Crippen molar-refractivity contribution in [2.75, 3.05) is 0 Å². The molecule has 3 aromatic rings. The Morgan fingerprint density at radius 1 is 0.857 bits per heavy atom. The Hall–Kier alpha value is -2.52. The van der Waals surface area contributed by atoms with Crippen LogP contribution in [0.1, 0.15) is 20.8 Å². The average molecular weight is 289 g/mol. The zero-order chi connectivity index (χ0) is 14.2. The van der Waals surface area contributed by atoms with Crippen molar-refractivity contribution in [1.82, 2.24) is 0 Å². The summed E-state index contributed by atoms with van der Waals surface area (Å²) >= 11 is 1.64. The molecule has 0 bridgehead atoms. The first-order chi connectivity index (χ1) is 10.3. The van der Waals surface area contributed by atoms with E-state index in [4.69, 9.17) is 0 Å². The Balaban J connectivity index is 1.75. The van der Waals surface area contributed by atoms with Crippen molar-refractivity contribution in [2.45, 2.75) is 0 Å². The summed E-state index contributed by atoms with van der Waals surface area (Å²) in [6, 6.07) is 17.6. The molecule has 0 fully saturated rings. The van der Waals surface area contributed by atoms with E-state index in [0.717, 1.165) is 32.8 Å². The van der Waals surface area contributed by atoms with Gasteiger partial charge in [0.2, 0.25) is 0 Å². The van der Waals surface area contributed by atoms with Crippen LogP contribution in [0.3, 0.4) is 0 Å². The highest BCUT2D eigenvalue weighted by Gasteiger charge is 2.25. The topological polar surface area (TPSA) is 29.4 Å². The van der Waals surface area contributed by atoms with Crippen LogP contribution in [-0.2, 0) is 0 Å². The minimum absolute atomic E-state index is 0.0915. The van der Waals surface area contributed by atoms with Gasteiger partial charge >= 0.3 is 0 Å². The number of benzene rings is 2. The lowest BCUT2D eigenvalue weighted by Crippen LogP contribution is -1.94. The van der Waals surface area contributed by atoms with E-state index in [1.54, 1.807) is 11.3 Å². The Labute approximate surface area is 126 Å². The number of ketones is 1. The van der Waals surface area contributed by atoms with E-state index >= 15 is 0 Å². The van der Waals surface area contributed by atoms with E-state index < -0.39 is 0 Å². The summed E-state index contributed by atoms with van der Waals surface area (Å²) in [5, 5.41) is 2.02. The molecule has 0 amide bonds. The molecule has 0 aliphatic heterocycles. The molecule has 1 aliphatic rings. The number of thiophene rings is 1. The van der Waals surface area contributed by atoms with Gasteiger partial charge in [-0.1, -0.05) is 36.4 Å². The van der Waals surface area contributed by atoms with Crippen LogP contribution in [0.4, 0.5) is 5.69 Å². The van der Waals surface area contributed by atoms with Gasteiger partial charge in [-0.05, 0) is 34.7 Å². The van der Waals surface area contributed by atoms with Gasteiger partial charge in [0.25, 0.3) is 0 Å². The smallest absolute Gasteiger partial charge is 0.194 e. The SMILES string of the molecule is O=C1c2ccccc2-c2ccc(N=Cc3cccs3)cc21. The molecule has 1 aromatic heterocycles. The highest BCUT2D eigenvalue weighted by atomic mass is 32.1. The largest absolute Gasteiger partial charge is 0.289 e. The van der Waals surface area contributed by atoms with Gasteiger partial charge in [-0.2, -0.15) is 0 Å². The maximum Gasteiger partial charge on any atom is 0.194 e. The molecule has 0 saturated heterocycles. The van der Waals surface area contributed by atoms with Crippen LogP contribution in [-0.4, -0.2) is 12.0 Å². The van der Waals surface area contributed by atoms with Crippen molar-refractivity contribution in [3.63, 3.8) is 0 Å². The summed E-state index contributed by atoms with van der Waals surface area (Å²) < 4.78 is 0. The van der Waals surface area contributed by atoms with E-state index in [0.29, 0.717) is 0 Å². The predicted molar refractivity (Wildman–Crippen MR) is 86.9 cm³/mol. The third-order valence-corrected chi connectivity index (χ3v) is 4.40. The molecule has 100 valence electrons. The summed E-state index contributed by atoms with van der Waals surface area (Å²) in [4.78, 5) is 18.0. The van der Waals surface area contributed by atoms with Gasteiger partial charge < -0.3 is 0 Å². The standard InChI is InChI=1S/C18H11NOS/c20-18-16-6-2-1-5-14(16)15-8-7-12(10-17(15)18)19-11-13-4-3-9-21-13/h1-11H. The molecule has 0 atom stereocenters. The van der Waals surface area contributed by atoms with Crippen LogP contribution in [0.2, 0.25) is 0 Å². The number of hydrogen-bond donors (Lipinski definition) is 0. The van der Waals surface area contributed by atoms with Crippen molar-refractivity contribution in [2.24, 2.45) is 4.99 Å². The average Bonchev–Trinajstić information content (AvgIpc) is 3.14. The number of carbonyl (C=O) groups is 1. The van der Waals surface area contributed by atoms with E-state index in [9.17, 15) is 4.79 Å². The number of fused-ring (bicyclic) bond motifs is 3. The molecule has 0 saturated carbocycles. The second-order valence-electron chi connectivity index (χ2n) is 4.88. The van der Waals surface area contributed by atoms with Crippen molar-refractivity contribution in [3.8, 4) is 11.1 Å². The van der Waals surface area contributed by atoms with Crippen molar-refractivity contribution < 1.29 is 4.79 Å². The number of carbonyl (C=O) groups excluding carboxylic acids is 1. The number of rotatable bonds is 2. The Morgan fingerprint density at radius 2 is 1.67 bits per heavy atom. The number of hydrogen-bond acceptors (Lipinski definition) is 3. The minimum Gasteiger partial charge on any atom is -0.289 e. The maximum atomic E-state index is 12.4. The van der Waals surface area contributed by atoms with Crippen molar-refractivity contribution in [1.29, 1.82) is 0 Å². The molecule has 4 rings (SSSR count). The summed E-state index contributed by atoms with van der Waals surface area (Å²) in [7, 11) is 0. The fraction of sp³-hybridized carbons (Fsp3) is 0. The molecule has 0 unspecified atom stereocenters. The molecule has 2 aromatic carbocycles. The molecule has 0 spiro atoms. The zero-order valence-corrected chi connectivity index (χ0v) is 11.9. The summed E-state index contributed by atoms with van der Waals surface area (Å²) in [5.74, 6) is 0.0915. The quantitative estimate of drug-likeness (QED) is 0.491. The molecule has 0 radical (unpaired) electrons. The van der Waals surface area contributed by atoms with Gasteiger partial charge in [-0.25, -0.2) is 0 Å². The van der Waals surface area contributed by atoms with Gasteiger partial charge in [-0.15, -0.1) is 11.3 Å². The van der Waals surface area contributed by atoms with Crippen LogP contribution in [0.15, 0.2) is 65.0 Å². The third-order valence-electron chi connectivity index (χ3n) is 3.59. The fourth-order valence-electron chi connectivity index (χ4n) is 2.60. The van der Waals surface area contributed by atoms with Crippen molar-refractivity contribution >= 4 is 29.0 Å². The van der Waals surface area contributed by atoms with Crippen LogP contribution in [0, 0.1) is 0 Å². The summed E-state index contributed by atoms with van der Waals surface area (Å²) in [5.41, 5.74) is 4.36. The minimum atomic E-state index is 0.0915. The van der Waals surface area contributed by atoms with Crippen LogP contribution in [0.5, 0.6) is 0 Å². The fourth-order valence-corrected chi connectivity index (χ4v) is 3.18. The molecule has 21 heavy (non-hydrogen) atoms. The van der Waals surface area contributed by atoms with Gasteiger partial charge in [0.05, 0.1) is 5.69 Å². The van der Waals surface area contributed by atoms with E-state index in [1.165, 1.54) is 0 Å². The molecular weight excluding hydrogens is 278 g/mol. The van der Waals surface area contributed by atoms with Crippen LogP contribution in [0.25, 0.3) is 11.1 Å². The Kier molecular flexibility index (Phi) is 2.79. The molecular formula is C18H11NOS. The van der Waals surface area contributed by atoms with Gasteiger partial charge in [-0.3, -0.25) is 9.79 Å². The zero-order valence-electron chi connectivity index (χ0n) is 11.1. The van der Waals surface area contributed by atoms with E-state index in [1.807, 2.05) is 66.2 Å². The summed E-state index contributed by atoms with van der Waals surface area (Å²) in [6.07, 6.45) is 1.83. The maximum absolute atomic E-state index is 12.4. The number of aliphatic imine (C=N–C) groups is 1. The van der Waals surface area contributed by atoms with Gasteiger partial charge in [0.15, 0.2) is 5.78 Å². The Morgan fingerprint density at radius 3 is 2.48 bits per heavy atom. The third kappa shape index (κ3) is 2.03. The van der Waals surface area contributed by atoms with E-state index in [2.05, 4.69) is 4.99 Å². The molecule has 1 heterocycles. The monoisotopic (exact) mass is 289 g/mol. The normalized spacial score (nSPS) is 12.7. The lowest BCUT2D eigenvalue weighted by Gasteiger charge is -2.00. The first kappa shape index (κ1) is 12.2. The predicted octanol–water partition coefficient (Wildman–Crippen LogP) is 4.71. The van der Waals surface area contributed by atoms with Crippen LogP contribution < -0.4 is 0 Å². The lowest BCUT2D eigenvalue weighted by atomic mass is 10.1. The Bertz CT molecular complexity index is 863. The highest BCUT2D eigenvalue weighted by molar-refractivity contribution is 7.11. The van der Waals surface area contributed by atoms with Crippen LogP contribution >= 0.6 is 11.3 Å². The van der Waals surface area contributed by atoms with Gasteiger partial charge in [0, 0.05) is 22.2 Å². The second-order valence-corrected chi connectivity index (χ2v) is 5.86. The second kappa shape index (κ2) is 4.79. The molecule has 3 heteroatoms. The highest BCUT2D eigenvalue weighted by Crippen LogP contribution is 2.38. The van der Waals surface area contributed by atoms with Gasteiger partial charge in [0.1, 0.15) is 0 Å². The first-order valence-electron chi connectivity index (χ1n) is 6.69. The number of nitrogens with zero attached hydrogens (tertiary/aromatic N) is 1. The molecule has 0 N–H and O–H groups in total. The summed E-state index contributed by atoms with van der Waals surface area (Å²) in [6.45, 7) is 0. The molecule has 2 nitrogen and oxygen atoms in total. The first-order valence-corrected chi connectivity index (χ1v) is 7.56. The lowest BCUT2D eigenvalue weighted by molar-refractivity contribution is 0.104. The van der Waals surface area contributed by atoms with Crippen molar-refractivity contribution in [3.05, 3.63) is 76.0 Å². The molecule has 1 aliphatic carbocycles.